The molecule has 0 saturated heterocycles. The van der Waals surface area contributed by atoms with Crippen LogP contribution in [-0.2, 0) is 0 Å². The number of benzene rings is 3. The van der Waals surface area contributed by atoms with E-state index in [1.54, 1.807) is 0 Å². The average molecular weight is 331 g/mol. The SMILES string of the molecule is [O-][Cl+3]([O-])([O-])[O-].c1ccc2c(c1)ccc1c[o+]c3ccccc3c12. The van der Waals surface area contributed by atoms with E-state index in [0.717, 1.165) is 11.0 Å². The zero-order valence-electron chi connectivity index (χ0n) is 11.8. The third kappa shape index (κ3) is 3.56. The van der Waals surface area contributed by atoms with Crippen LogP contribution in [0.15, 0.2) is 71.3 Å². The summed E-state index contributed by atoms with van der Waals surface area (Å²) in [6.45, 7) is 0. The fraction of sp³-hybridized carbons (Fsp3) is 0. The van der Waals surface area contributed by atoms with Gasteiger partial charge in [-0.25, -0.2) is 23.1 Å². The first-order valence-electron chi connectivity index (χ1n) is 6.66. The number of hydrogen-bond acceptors (Lipinski definition) is 4. The molecule has 0 aliphatic rings. The molecule has 6 heteroatoms. The van der Waals surface area contributed by atoms with E-state index in [-0.39, 0.29) is 0 Å². The number of hydrogen-bond donors (Lipinski definition) is 0. The summed E-state index contributed by atoms with van der Waals surface area (Å²) in [7, 11) is -4.94. The van der Waals surface area contributed by atoms with Crippen molar-refractivity contribution in [2.24, 2.45) is 0 Å². The van der Waals surface area contributed by atoms with Gasteiger partial charge in [-0.3, -0.25) is 0 Å². The molecule has 23 heavy (non-hydrogen) atoms. The van der Waals surface area contributed by atoms with Gasteiger partial charge in [0.15, 0.2) is 0 Å². The van der Waals surface area contributed by atoms with E-state index in [0.29, 0.717) is 0 Å². The Morgan fingerprint density at radius 2 is 1.22 bits per heavy atom. The van der Waals surface area contributed by atoms with Crippen LogP contribution in [-0.4, -0.2) is 0 Å². The van der Waals surface area contributed by atoms with Crippen LogP contribution in [0.5, 0.6) is 0 Å². The Kier molecular flexibility index (Phi) is 4.12. The van der Waals surface area contributed by atoms with Gasteiger partial charge in [0.1, 0.15) is 0 Å². The smallest absolute Gasteiger partial charge is 0.222 e. The lowest BCUT2D eigenvalue weighted by molar-refractivity contribution is -2.00. The Balaban J connectivity index is 0.000000276. The molecule has 116 valence electrons. The van der Waals surface area contributed by atoms with Crippen LogP contribution in [0.3, 0.4) is 0 Å². The molecule has 4 rings (SSSR count). The fourth-order valence-electron chi connectivity index (χ4n) is 2.59. The number of halogens is 1. The summed E-state index contributed by atoms with van der Waals surface area (Å²) in [6, 6.07) is 20.9. The van der Waals surface area contributed by atoms with Crippen molar-refractivity contribution in [2.75, 3.05) is 0 Å². The first kappa shape index (κ1) is 15.6. The minimum atomic E-state index is -4.94. The van der Waals surface area contributed by atoms with Crippen molar-refractivity contribution in [3.8, 4) is 0 Å². The predicted molar refractivity (Wildman–Crippen MR) is 75.6 cm³/mol. The molecule has 5 nitrogen and oxygen atoms in total. The summed E-state index contributed by atoms with van der Waals surface area (Å²) in [5.74, 6) is 0. The number of rotatable bonds is 0. The van der Waals surface area contributed by atoms with E-state index in [9.17, 15) is 0 Å². The molecule has 3 aromatic carbocycles. The quantitative estimate of drug-likeness (QED) is 0.340. The van der Waals surface area contributed by atoms with Gasteiger partial charge in [0.25, 0.3) is 0 Å². The summed E-state index contributed by atoms with van der Waals surface area (Å²) >= 11 is 0. The van der Waals surface area contributed by atoms with Gasteiger partial charge in [-0.15, -0.1) is 10.2 Å². The first-order valence-corrected chi connectivity index (χ1v) is 7.90. The van der Waals surface area contributed by atoms with Crippen LogP contribution >= 0.6 is 0 Å². The van der Waals surface area contributed by atoms with Gasteiger partial charge in [0.2, 0.25) is 0 Å². The Bertz CT molecular complexity index is 902. The van der Waals surface area contributed by atoms with E-state index < -0.39 is 10.2 Å². The van der Waals surface area contributed by atoms with Crippen LogP contribution in [0.1, 0.15) is 0 Å². The summed E-state index contributed by atoms with van der Waals surface area (Å²) in [5.41, 5.74) is 0.932. The fourth-order valence-corrected chi connectivity index (χ4v) is 2.59. The molecule has 0 atom stereocenters. The highest BCUT2D eigenvalue weighted by Crippen LogP contribution is 2.31. The van der Waals surface area contributed by atoms with Crippen LogP contribution in [0, 0.1) is 10.2 Å². The van der Waals surface area contributed by atoms with E-state index in [4.69, 9.17) is 23.1 Å². The van der Waals surface area contributed by atoms with Crippen molar-refractivity contribution in [1.82, 2.24) is 0 Å². The lowest BCUT2D eigenvalue weighted by Gasteiger charge is -2.17. The van der Waals surface area contributed by atoms with Crippen molar-refractivity contribution in [3.05, 3.63) is 66.9 Å². The molecular weight excluding hydrogens is 320 g/mol. The normalized spacial score (nSPS) is 11.5. The van der Waals surface area contributed by atoms with E-state index in [2.05, 4.69) is 48.5 Å². The topological polar surface area (TPSA) is 104 Å². The molecule has 4 aromatic rings. The largest absolute Gasteiger partial charge is 0.360 e. The first-order chi connectivity index (χ1) is 10.9. The van der Waals surface area contributed by atoms with Crippen LogP contribution in [0.25, 0.3) is 32.5 Å². The van der Waals surface area contributed by atoms with E-state index in [1.165, 1.54) is 21.5 Å². The predicted octanol–water partition coefficient (Wildman–Crippen LogP) is 0.264. The van der Waals surface area contributed by atoms with Gasteiger partial charge in [-0.05, 0) is 22.9 Å². The van der Waals surface area contributed by atoms with E-state index >= 15 is 0 Å². The highest BCUT2D eigenvalue weighted by molar-refractivity contribution is 6.18. The molecular formula is C17H11ClO5. The summed E-state index contributed by atoms with van der Waals surface area (Å²) in [6.07, 6.45) is 1.84. The Morgan fingerprint density at radius 3 is 1.96 bits per heavy atom. The summed E-state index contributed by atoms with van der Waals surface area (Å²) < 4.78 is 39.6. The van der Waals surface area contributed by atoms with Crippen molar-refractivity contribution < 1.29 is 33.3 Å². The van der Waals surface area contributed by atoms with Crippen molar-refractivity contribution in [2.45, 2.75) is 0 Å². The van der Waals surface area contributed by atoms with Crippen molar-refractivity contribution >= 4 is 32.5 Å². The molecule has 0 unspecified atom stereocenters. The molecule has 0 aliphatic heterocycles. The van der Waals surface area contributed by atoms with Crippen LogP contribution < -0.4 is 18.6 Å². The van der Waals surface area contributed by atoms with Gasteiger partial charge in [-0.1, -0.05) is 42.5 Å². The Hall–Kier alpha value is -2.28. The Labute approximate surface area is 133 Å². The minimum absolute atomic E-state index is 0.932. The standard InChI is InChI=1S/C17H11O.ClHO4/c1-2-6-14-12(5-1)9-10-13-11-18-16-8-4-3-7-15(16)17(13)14;2-1(3,4)5/h1-11H;(H,2,3,4,5)/q+1;/p-1. The number of fused-ring (bicyclic) bond motifs is 5. The molecule has 1 heterocycles. The Morgan fingerprint density at radius 1 is 0.652 bits per heavy atom. The maximum atomic E-state index is 8.49. The molecule has 1 aromatic heterocycles. The zero-order chi connectivity index (χ0) is 16.4. The number of para-hydroxylation sites is 1. The van der Waals surface area contributed by atoms with Gasteiger partial charge in [0, 0.05) is 11.5 Å². The molecule has 0 aliphatic carbocycles. The highest BCUT2D eigenvalue weighted by atomic mass is 35.7. The van der Waals surface area contributed by atoms with Crippen LogP contribution in [0.2, 0.25) is 0 Å². The lowest BCUT2D eigenvalue weighted by Crippen LogP contribution is -2.68. The molecule has 0 N–H and O–H groups in total. The molecule has 0 bridgehead atoms. The maximum Gasteiger partial charge on any atom is 0.360 e. The maximum absolute atomic E-state index is 8.49. The lowest BCUT2D eigenvalue weighted by atomic mass is 10.0. The molecule has 0 fully saturated rings. The molecule has 0 amide bonds. The highest BCUT2D eigenvalue weighted by Gasteiger charge is 2.12. The molecule has 0 spiro atoms. The van der Waals surface area contributed by atoms with Gasteiger partial charge < -0.3 is 0 Å². The average Bonchev–Trinajstić information content (AvgIpc) is 2.52. The van der Waals surface area contributed by atoms with Gasteiger partial charge >= 0.3 is 11.8 Å². The molecule has 0 radical (unpaired) electrons. The minimum Gasteiger partial charge on any atom is -0.222 e. The second-order valence-electron chi connectivity index (χ2n) is 4.86. The monoisotopic (exact) mass is 330 g/mol. The summed E-state index contributed by atoms with van der Waals surface area (Å²) in [4.78, 5) is 0. The molecule has 0 saturated carbocycles. The van der Waals surface area contributed by atoms with Crippen LogP contribution in [0.4, 0.5) is 0 Å². The third-order valence-electron chi connectivity index (χ3n) is 3.43. The van der Waals surface area contributed by atoms with Gasteiger partial charge in [-0.2, -0.15) is 0 Å². The van der Waals surface area contributed by atoms with Crippen molar-refractivity contribution in [3.63, 3.8) is 0 Å². The van der Waals surface area contributed by atoms with Gasteiger partial charge in [0.05, 0.1) is 10.8 Å². The van der Waals surface area contributed by atoms with Crippen molar-refractivity contribution in [1.29, 1.82) is 0 Å². The van der Waals surface area contributed by atoms with E-state index in [1.807, 2.05) is 18.4 Å². The third-order valence-corrected chi connectivity index (χ3v) is 3.43. The summed E-state index contributed by atoms with van der Waals surface area (Å²) in [5, 5.41) is 6.14. The second kappa shape index (κ2) is 6.08. The zero-order valence-corrected chi connectivity index (χ0v) is 12.5. The second-order valence-corrected chi connectivity index (χ2v) is 5.62.